The van der Waals surface area contributed by atoms with E-state index in [0.717, 1.165) is 43.4 Å². The van der Waals surface area contributed by atoms with Crippen LogP contribution in [0.15, 0.2) is 0 Å². The molecule has 0 atom stereocenters. The number of unbranched alkanes of at least 4 members (excludes halogenated alkanes) is 6. The maximum absolute atomic E-state index is 10.1. The summed E-state index contributed by atoms with van der Waals surface area (Å²) in [4.78, 5) is 20.2. The summed E-state index contributed by atoms with van der Waals surface area (Å²) in [6.45, 7) is 15.6. The zero-order valence-corrected chi connectivity index (χ0v) is 21.3. The van der Waals surface area contributed by atoms with Crippen LogP contribution in [0, 0.1) is 17.8 Å². The molecule has 4 nitrogen and oxygen atoms in total. The Bertz CT molecular complexity index is 334. The van der Waals surface area contributed by atoms with Crippen molar-refractivity contribution in [1.29, 1.82) is 0 Å². The largest absolute Gasteiger partial charge is 0.481 e. The van der Waals surface area contributed by atoms with Gasteiger partial charge in [-0.25, -0.2) is 0 Å². The minimum absolute atomic E-state index is 0.331. The summed E-state index contributed by atoms with van der Waals surface area (Å²) < 4.78 is 0. The Labute approximate surface area is 188 Å². The lowest BCUT2D eigenvalue weighted by Gasteiger charge is -2.02. The van der Waals surface area contributed by atoms with E-state index in [-0.39, 0.29) is 0 Å². The van der Waals surface area contributed by atoms with Gasteiger partial charge in [-0.1, -0.05) is 113 Å². The summed E-state index contributed by atoms with van der Waals surface area (Å²) in [5, 5.41) is 16.6. The summed E-state index contributed by atoms with van der Waals surface area (Å²) in [5.74, 6) is 1.06. The van der Waals surface area contributed by atoms with Crippen LogP contribution in [0.3, 0.4) is 0 Å². The van der Waals surface area contributed by atoms with Gasteiger partial charge in [0.15, 0.2) is 0 Å². The molecule has 2 N–H and O–H groups in total. The average molecular weight is 431 g/mol. The maximum Gasteiger partial charge on any atom is 0.303 e. The maximum atomic E-state index is 10.1. The van der Waals surface area contributed by atoms with Crippen LogP contribution in [0.25, 0.3) is 0 Å². The summed E-state index contributed by atoms with van der Waals surface area (Å²) in [5.41, 5.74) is 0. The molecular weight excluding hydrogens is 376 g/mol. The zero-order chi connectivity index (χ0) is 23.8. The molecule has 0 aromatic carbocycles. The normalized spacial score (nSPS) is 10.5. The number of carbonyl (C=O) groups is 2. The number of carboxylic acids is 2. The van der Waals surface area contributed by atoms with Gasteiger partial charge in [0.1, 0.15) is 0 Å². The fraction of sp³-hybridized carbons (Fsp3) is 0.923. The standard InChI is InChI=1S/2C9H18O2.C8H18/c2*1-8(2)6-4-3-5-7-9(10)11;1-4-5-6-7-8(2)3/h2*8H,3-7H2,1-2H3,(H,10,11);8H,4-7H2,1-3H3. The van der Waals surface area contributed by atoms with E-state index in [9.17, 15) is 9.59 Å². The van der Waals surface area contributed by atoms with E-state index < -0.39 is 11.9 Å². The molecule has 0 heterocycles. The van der Waals surface area contributed by atoms with Crippen LogP contribution in [0.5, 0.6) is 0 Å². The Morgan fingerprint density at radius 2 is 0.833 bits per heavy atom. The number of rotatable bonds is 16. The van der Waals surface area contributed by atoms with Crippen molar-refractivity contribution in [2.75, 3.05) is 0 Å². The Morgan fingerprint density at radius 3 is 1.07 bits per heavy atom. The first-order valence-electron chi connectivity index (χ1n) is 12.5. The van der Waals surface area contributed by atoms with Crippen molar-refractivity contribution in [3.63, 3.8) is 0 Å². The van der Waals surface area contributed by atoms with Crippen molar-refractivity contribution < 1.29 is 19.8 Å². The van der Waals surface area contributed by atoms with Crippen LogP contribution in [0.2, 0.25) is 0 Å². The first kappa shape index (κ1) is 33.6. The molecule has 0 aliphatic rings. The zero-order valence-electron chi connectivity index (χ0n) is 21.3. The van der Waals surface area contributed by atoms with Gasteiger partial charge in [0, 0.05) is 12.8 Å². The Balaban J connectivity index is -0.000000370. The number of hydrogen-bond donors (Lipinski definition) is 2. The minimum Gasteiger partial charge on any atom is -0.481 e. The quantitative estimate of drug-likeness (QED) is 0.240. The molecule has 0 bridgehead atoms. The van der Waals surface area contributed by atoms with E-state index in [0.29, 0.717) is 12.8 Å². The first-order valence-corrected chi connectivity index (χ1v) is 12.5. The molecule has 30 heavy (non-hydrogen) atoms. The molecule has 0 aromatic rings. The fourth-order valence-electron chi connectivity index (χ4n) is 2.81. The van der Waals surface area contributed by atoms with E-state index in [1.165, 1.54) is 51.4 Å². The van der Waals surface area contributed by atoms with Crippen molar-refractivity contribution in [3.8, 4) is 0 Å². The van der Waals surface area contributed by atoms with Crippen molar-refractivity contribution in [3.05, 3.63) is 0 Å². The molecule has 0 aromatic heterocycles. The number of hydrogen-bond acceptors (Lipinski definition) is 2. The molecule has 0 saturated carbocycles. The van der Waals surface area contributed by atoms with Crippen LogP contribution < -0.4 is 0 Å². The topological polar surface area (TPSA) is 74.6 Å². The number of aliphatic carboxylic acids is 2. The third kappa shape index (κ3) is 45.6. The second-order valence-electron chi connectivity index (χ2n) is 9.66. The van der Waals surface area contributed by atoms with Crippen molar-refractivity contribution >= 4 is 11.9 Å². The van der Waals surface area contributed by atoms with Gasteiger partial charge in [0.2, 0.25) is 0 Å². The average Bonchev–Trinajstić information content (AvgIpc) is 2.61. The molecule has 0 radical (unpaired) electrons. The van der Waals surface area contributed by atoms with E-state index >= 15 is 0 Å². The molecule has 182 valence electrons. The Kier molecular flexibility index (Phi) is 29.1. The molecule has 4 heteroatoms. The summed E-state index contributed by atoms with van der Waals surface area (Å²) >= 11 is 0. The number of carboxylic acid groups (broad SMARTS) is 2. The van der Waals surface area contributed by atoms with Gasteiger partial charge >= 0.3 is 11.9 Å². The fourth-order valence-corrected chi connectivity index (χ4v) is 2.81. The molecule has 0 aliphatic carbocycles. The van der Waals surface area contributed by atoms with Gasteiger partial charge in [-0.05, 0) is 30.6 Å². The van der Waals surface area contributed by atoms with E-state index in [1.807, 2.05) is 0 Å². The molecule has 0 unspecified atom stereocenters. The second-order valence-corrected chi connectivity index (χ2v) is 9.66. The SMILES string of the molecule is CC(C)CCCCCC(=O)O.CC(C)CCCCCC(=O)O.CCCCCC(C)C. The molecule has 0 fully saturated rings. The summed E-state index contributed by atoms with van der Waals surface area (Å²) in [6, 6.07) is 0. The van der Waals surface area contributed by atoms with Crippen molar-refractivity contribution in [2.45, 2.75) is 138 Å². The minimum atomic E-state index is -0.672. The molecule has 0 saturated heterocycles. The predicted molar refractivity (Wildman–Crippen MR) is 130 cm³/mol. The van der Waals surface area contributed by atoms with Gasteiger partial charge in [-0.15, -0.1) is 0 Å². The highest BCUT2D eigenvalue weighted by Gasteiger charge is 1.98. The van der Waals surface area contributed by atoms with E-state index in [1.54, 1.807) is 0 Å². The van der Waals surface area contributed by atoms with Gasteiger partial charge in [0.25, 0.3) is 0 Å². The second kappa shape index (κ2) is 26.0. The van der Waals surface area contributed by atoms with Gasteiger partial charge in [-0.2, -0.15) is 0 Å². The molecular formula is C26H54O4. The monoisotopic (exact) mass is 430 g/mol. The third-order valence-electron chi connectivity index (χ3n) is 4.73. The van der Waals surface area contributed by atoms with Crippen LogP contribution in [0.4, 0.5) is 0 Å². The lowest BCUT2D eigenvalue weighted by Crippen LogP contribution is -1.94. The molecule has 0 amide bonds. The van der Waals surface area contributed by atoms with Gasteiger partial charge in [0.05, 0.1) is 0 Å². The summed E-state index contributed by atoms with van der Waals surface area (Å²) in [7, 11) is 0. The van der Waals surface area contributed by atoms with Crippen LogP contribution >= 0.6 is 0 Å². The van der Waals surface area contributed by atoms with E-state index in [4.69, 9.17) is 10.2 Å². The van der Waals surface area contributed by atoms with Gasteiger partial charge in [-0.3, -0.25) is 9.59 Å². The Hall–Kier alpha value is -1.06. The van der Waals surface area contributed by atoms with E-state index in [2.05, 4.69) is 48.5 Å². The summed E-state index contributed by atoms with van der Waals surface area (Å²) in [6.07, 6.45) is 14.8. The highest BCUT2D eigenvalue weighted by Crippen LogP contribution is 2.10. The lowest BCUT2D eigenvalue weighted by atomic mass is 10.0. The highest BCUT2D eigenvalue weighted by molar-refractivity contribution is 5.66. The van der Waals surface area contributed by atoms with Crippen LogP contribution in [-0.2, 0) is 9.59 Å². The molecule has 0 spiro atoms. The van der Waals surface area contributed by atoms with Crippen molar-refractivity contribution in [2.24, 2.45) is 17.8 Å². The smallest absolute Gasteiger partial charge is 0.303 e. The van der Waals surface area contributed by atoms with Gasteiger partial charge < -0.3 is 10.2 Å². The first-order chi connectivity index (χ1) is 14.0. The molecule has 0 rings (SSSR count). The Morgan fingerprint density at radius 1 is 0.533 bits per heavy atom. The molecule has 0 aliphatic heterocycles. The highest BCUT2D eigenvalue weighted by atomic mass is 16.4. The predicted octanol–water partition coefficient (Wildman–Crippen LogP) is 8.58. The van der Waals surface area contributed by atoms with Crippen LogP contribution in [-0.4, -0.2) is 22.2 Å². The third-order valence-corrected chi connectivity index (χ3v) is 4.73. The van der Waals surface area contributed by atoms with Crippen LogP contribution in [0.1, 0.15) is 138 Å². The lowest BCUT2D eigenvalue weighted by molar-refractivity contribution is -0.138. The van der Waals surface area contributed by atoms with Crippen molar-refractivity contribution in [1.82, 2.24) is 0 Å².